The third kappa shape index (κ3) is 2.69. The smallest absolute Gasteiger partial charge is 0.261 e. The van der Waals surface area contributed by atoms with Gasteiger partial charge in [0.15, 0.2) is 0 Å². The van der Waals surface area contributed by atoms with Crippen LogP contribution in [0, 0.1) is 0 Å². The molecule has 4 aromatic rings. The van der Waals surface area contributed by atoms with Crippen LogP contribution < -0.4 is 0 Å². The minimum atomic E-state index is -3.70. The van der Waals surface area contributed by atoms with Gasteiger partial charge in [0.1, 0.15) is 0 Å². The first-order valence-corrected chi connectivity index (χ1v) is 10.3. The molecule has 0 aliphatic rings. The number of para-hydroxylation sites is 1. The molecule has 0 atom stereocenters. The van der Waals surface area contributed by atoms with E-state index in [0.29, 0.717) is 11.0 Å². The van der Waals surface area contributed by atoms with Gasteiger partial charge >= 0.3 is 0 Å². The fourth-order valence-corrected chi connectivity index (χ4v) is 4.86. The number of aryl methyl sites for hydroxylation is 1. The van der Waals surface area contributed by atoms with Gasteiger partial charge in [-0.1, -0.05) is 49.7 Å². The molecule has 5 heteroatoms. The largest absolute Gasteiger partial charge is 0.268 e. The van der Waals surface area contributed by atoms with Gasteiger partial charge < -0.3 is 0 Å². The average Bonchev–Trinajstić information content (AvgIpc) is 3.01. The van der Waals surface area contributed by atoms with Crippen molar-refractivity contribution in [3.05, 3.63) is 72.6 Å². The minimum Gasteiger partial charge on any atom is -0.261 e. The maximum Gasteiger partial charge on any atom is 0.268 e. The monoisotopic (exact) mass is 364 g/mol. The Hall–Kier alpha value is -2.66. The highest BCUT2D eigenvalue weighted by Gasteiger charge is 2.23. The Kier molecular flexibility index (Phi) is 4.24. The third-order valence-electron chi connectivity index (χ3n) is 4.64. The molecule has 4 rings (SSSR count). The van der Waals surface area contributed by atoms with Crippen LogP contribution >= 0.6 is 0 Å². The number of unbranched alkanes of at least 4 members (excludes halogenated alkanes) is 1. The molecular formula is C21H20N2O2S. The molecule has 2 aromatic carbocycles. The van der Waals surface area contributed by atoms with Crippen molar-refractivity contribution in [2.75, 3.05) is 0 Å². The number of rotatable bonds is 5. The van der Waals surface area contributed by atoms with Crippen LogP contribution in [0.1, 0.15) is 25.5 Å². The predicted octanol–water partition coefficient (Wildman–Crippen LogP) is 4.77. The van der Waals surface area contributed by atoms with E-state index < -0.39 is 10.0 Å². The quantitative estimate of drug-likeness (QED) is 0.512. The molecule has 2 aromatic heterocycles. The summed E-state index contributed by atoms with van der Waals surface area (Å²) in [4.78, 5) is 4.84. The van der Waals surface area contributed by atoms with Crippen molar-refractivity contribution in [3.63, 3.8) is 0 Å². The van der Waals surface area contributed by atoms with E-state index in [1.165, 1.54) is 3.97 Å². The summed E-state index contributed by atoms with van der Waals surface area (Å²) in [6, 6.07) is 18.1. The highest BCUT2D eigenvalue weighted by atomic mass is 32.2. The second kappa shape index (κ2) is 6.57. The molecule has 0 N–H and O–H groups in total. The molecule has 0 unspecified atom stereocenters. The lowest BCUT2D eigenvalue weighted by Crippen LogP contribution is -2.12. The van der Waals surface area contributed by atoms with E-state index in [0.717, 1.165) is 35.7 Å². The van der Waals surface area contributed by atoms with Crippen molar-refractivity contribution in [3.8, 4) is 0 Å². The van der Waals surface area contributed by atoms with Gasteiger partial charge in [0, 0.05) is 22.7 Å². The Morgan fingerprint density at radius 1 is 0.923 bits per heavy atom. The van der Waals surface area contributed by atoms with Crippen LogP contribution in [0.2, 0.25) is 0 Å². The summed E-state index contributed by atoms with van der Waals surface area (Å²) in [5, 5.41) is 1.76. The van der Waals surface area contributed by atoms with Crippen molar-refractivity contribution in [1.29, 1.82) is 0 Å². The molecule has 0 aliphatic heterocycles. The van der Waals surface area contributed by atoms with Gasteiger partial charge in [0.25, 0.3) is 10.0 Å². The minimum absolute atomic E-state index is 0.287. The number of benzene rings is 2. The molecule has 0 fully saturated rings. The molecule has 0 aliphatic carbocycles. The van der Waals surface area contributed by atoms with Gasteiger partial charge in [0.05, 0.1) is 15.9 Å². The maximum absolute atomic E-state index is 13.4. The van der Waals surface area contributed by atoms with Crippen molar-refractivity contribution < 1.29 is 8.42 Å². The molecule has 26 heavy (non-hydrogen) atoms. The summed E-state index contributed by atoms with van der Waals surface area (Å²) in [6.45, 7) is 2.13. The van der Waals surface area contributed by atoms with Gasteiger partial charge in [-0.15, -0.1) is 0 Å². The zero-order chi connectivity index (χ0) is 18.1. The van der Waals surface area contributed by atoms with Crippen LogP contribution in [-0.4, -0.2) is 17.4 Å². The molecule has 0 bridgehead atoms. The average molecular weight is 364 g/mol. The number of pyridine rings is 1. The topological polar surface area (TPSA) is 52.0 Å². The number of hydrogen-bond donors (Lipinski definition) is 0. The van der Waals surface area contributed by atoms with Crippen molar-refractivity contribution in [1.82, 2.24) is 8.96 Å². The lowest BCUT2D eigenvalue weighted by molar-refractivity contribution is 0.590. The van der Waals surface area contributed by atoms with Crippen LogP contribution in [0.15, 0.2) is 71.8 Å². The lowest BCUT2D eigenvalue weighted by atomic mass is 10.1. The second-order valence-corrected chi connectivity index (χ2v) is 8.18. The fraction of sp³-hybridized carbons (Fsp3) is 0.190. The molecule has 132 valence electrons. The maximum atomic E-state index is 13.4. The third-order valence-corrected chi connectivity index (χ3v) is 6.38. The summed E-state index contributed by atoms with van der Waals surface area (Å²) in [7, 11) is -3.70. The van der Waals surface area contributed by atoms with Crippen LogP contribution in [0.25, 0.3) is 21.8 Å². The zero-order valence-electron chi connectivity index (χ0n) is 14.6. The van der Waals surface area contributed by atoms with E-state index in [4.69, 9.17) is 0 Å². The summed E-state index contributed by atoms with van der Waals surface area (Å²) in [6.07, 6.45) is 4.76. The summed E-state index contributed by atoms with van der Waals surface area (Å²) >= 11 is 0. The van der Waals surface area contributed by atoms with E-state index in [1.807, 2.05) is 36.4 Å². The Labute approximate surface area is 153 Å². The standard InChI is InChI=1S/C21H20N2O2S/c1-2-3-9-16-14-21-19(15-22-16)18-12-7-8-13-20(18)23(21)26(24,25)17-10-5-4-6-11-17/h4-8,10-15H,2-3,9H2,1H3. The van der Waals surface area contributed by atoms with E-state index >= 15 is 0 Å². The number of fused-ring (bicyclic) bond motifs is 3. The zero-order valence-corrected chi connectivity index (χ0v) is 15.4. The van der Waals surface area contributed by atoms with Crippen LogP contribution in [0.4, 0.5) is 0 Å². The Bertz CT molecular complexity index is 1180. The summed E-state index contributed by atoms with van der Waals surface area (Å²) in [5.41, 5.74) is 2.30. The highest BCUT2D eigenvalue weighted by Crippen LogP contribution is 2.32. The van der Waals surface area contributed by atoms with E-state index in [9.17, 15) is 8.42 Å². The van der Waals surface area contributed by atoms with Gasteiger partial charge in [-0.2, -0.15) is 0 Å². The first-order valence-electron chi connectivity index (χ1n) is 8.81. The first-order chi connectivity index (χ1) is 12.6. The van der Waals surface area contributed by atoms with Crippen LogP contribution in [0.3, 0.4) is 0 Å². The second-order valence-electron chi connectivity index (χ2n) is 6.40. The van der Waals surface area contributed by atoms with Crippen LogP contribution in [0.5, 0.6) is 0 Å². The number of nitrogens with zero attached hydrogens (tertiary/aromatic N) is 2. The van der Waals surface area contributed by atoms with Gasteiger partial charge in [-0.25, -0.2) is 12.4 Å². The summed E-state index contributed by atoms with van der Waals surface area (Å²) in [5.74, 6) is 0. The fourth-order valence-electron chi connectivity index (χ4n) is 3.32. The molecular weight excluding hydrogens is 344 g/mol. The predicted molar refractivity (Wildman–Crippen MR) is 105 cm³/mol. The van der Waals surface area contributed by atoms with Gasteiger partial charge in [-0.3, -0.25) is 4.98 Å². The van der Waals surface area contributed by atoms with Crippen molar-refractivity contribution >= 4 is 31.8 Å². The Balaban J connectivity index is 2.05. The Morgan fingerprint density at radius 3 is 2.42 bits per heavy atom. The molecule has 0 radical (unpaired) electrons. The summed E-state index contributed by atoms with van der Waals surface area (Å²) < 4.78 is 28.2. The highest BCUT2D eigenvalue weighted by molar-refractivity contribution is 7.90. The van der Waals surface area contributed by atoms with Crippen molar-refractivity contribution in [2.45, 2.75) is 31.1 Å². The van der Waals surface area contributed by atoms with E-state index in [-0.39, 0.29) is 4.90 Å². The molecule has 0 amide bonds. The SMILES string of the molecule is CCCCc1cc2c(cn1)c1ccccc1n2S(=O)(=O)c1ccccc1. The molecule has 0 saturated heterocycles. The molecule has 0 saturated carbocycles. The lowest BCUT2D eigenvalue weighted by Gasteiger charge is -2.09. The molecule has 4 nitrogen and oxygen atoms in total. The van der Waals surface area contributed by atoms with Crippen LogP contribution in [-0.2, 0) is 16.4 Å². The van der Waals surface area contributed by atoms with Gasteiger partial charge in [-0.05, 0) is 37.1 Å². The Morgan fingerprint density at radius 2 is 1.65 bits per heavy atom. The molecule has 0 spiro atoms. The van der Waals surface area contributed by atoms with E-state index in [2.05, 4.69) is 11.9 Å². The van der Waals surface area contributed by atoms with Crippen molar-refractivity contribution in [2.24, 2.45) is 0 Å². The molecule has 2 heterocycles. The normalized spacial score (nSPS) is 12.0. The van der Waals surface area contributed by atoms with E-state index in [1.54, 1.807) is 30.5 Å². The number of aromatic nitrogens is 2. The first kappa shape index (κ1) is 16.8. The van der Waals surface area contributed by atoms with Gasteiger partial charge in [0.2, 0.25) is 0 Å². The number of hydrogen-bond acceptors (Lipinski definition) is 3.